The Bertz CT molecular complexity index is 774. The molecular weight excluding hydrogens is 381 g/mol. The first-order valence-corrected chi connectivity index (χ1v) is 9.80. The highest BCUT2D eigenvalue weighted by Crippen LogP contribution is 2.36. The average Bonchev–Trinajstić information content (AvgIpc) is 2.70. The van der Waals surface area contributed by atoms with Crippen LogP contribution >= 0.6 is 11.6 Å². The van der Waals surface area contributed by atoms with Crippen LogP contribution in [0.1, 0.15) is 38.3 Å². The van der Waals surface area contributed by atoms with Crippen molar-refractivity contribution in [1.82, 2.24) is 10.6 Å². The third kappa shape index (κ3) is 5.92. The SMILES string of the molecule is CC[C@@H](N[C@@H](C)C(=O)NCCCN)c1ccc(Cl)c(Oc2ccccc2)c1F. The largest absolute Gasteiger partial charge is 0.453 e. The molecular formula is C21H27ClFN3O2. The molecule has 0 fully saturated rings. The van der Waals surface area contributed by atoms with Crippen LogP contribution in [0.2, 0.25) is 5.02 Å². The number of nitrogens with two attached hydrogens (primary N) is 1. The van der Waals surface area contributed by atoms with Crippen LogP contribution in [0, 0.1) is 5.82 Å². The second-order valence-corrected chi connectivity index (χ2v) is 6.88. The van der Waals surface area contributed by atoms with Gasteiger partial charge in [-0.1, -0.05) is 42.8 Å². The molecule has 152 valence electrons. The van der Waals surface area contributed by atoms with Crippen molar-refractivity contribution in [2.75, 3.05) is 13.1 Å². The Morgan fingerprint density at radius 3 is 2.61 bits per heavy atom. The summed E-state index contributed by atoms with van der Waals surface area (Å²) in [6.45, 7) is 4.69. The number of carbonyl (C=O) groups excluding carboxylic acids is 1. The number of halogens is 2. The summed E-state index contributed by atoms with van der Waals surface area (Å²) in [6, 6.07) is 11.3. The highest BCUT2D eigenvalue weighted by atomic mass is 35.5. The summed E-state index contributed by atoms with van der Waals surface area (Å²) in [5.74, 6) is -0.215. The molecule has 0 bridgehead atoms. The van der Waals surface area contributed by atoms with Gasteiger partial charge in [-0.25, -0.2) is 4.39 Å². The third-order valence-corrected chi connectivity index (χ3v) is 4.65. The fourth-order valence-electron chi connectivity index (χ4n) is 2.79. The molecule has 0 saturated heterocycles. The minimum Gasteiger partial charge on any atom is -0.453 e. The molecule has 0 unspecified atom stereocenters. The van der Waals surface area contributed by atoms with Crippen molar-refractivity contribution in [2.45, 2.75) is 38.8 Å². The first kappa shape index (κ1) is 22.1. The van der Waals surface area contributed by atoms with Gasteiger partial charge in [-0.2, -0.15) is 0 Å². The second-order valence-electron chi connectivity index (χ2n) is 6.48. The summed E-state index contributed by atoms with van der Waals surface area (Å²) in [5.41, 5.74) is 5.84. The van der Waals surface area contributed by atoms with E-state index in [4.69, 9.17) is 22.1 Å². The van der Waals surface area contributed by atoms with Gasteiger partial charge >= 0.3 is 0 Å². The highest BCUT2D eigenvalue weighted by Gasteiger charge is 2.23. The van der Waals surface area contributed by atoms with E-state index in [1.165, 1.54) is 0 Å². The molecule has 2 aromatic carbocycles. The molecule has 28 heavy (non-hydrogen) atoms. The molecule has 0 spiro atoms. The average molecular weight is 408 g/mol. The Morgan fingerprint density at radius 2 is 1.96 bits per heavy atom. The van der Waals surface area contributed by atoms with Crippen LogP contribution in [0.3, 0.4) is 0 Å². The number of hydrogen-bond acceptors (Lipinski definition) is 4. The number of rotatable bonds is 10. The molecule has 0 aliphatic rings. The number of hydrogen-bond donors (Lipinski definition) is 3. The van der Waals surface area contributed by atoms with E-state index in [0.717, 1.165) is 0 Å². The summed E-state index contributed by atoms with van der Waals surface area (Å²) in [4.78, 5) is 12.2. The van der Waals surface area contributed by atoms with E-state index in [-0.39, 0.29) is 22.7 Å². The van der Waals surface area contributed by atoms with E-state index in [2.05, 4.69) is 10.6 Å². The molecule has 0 heterocycles. The first-order chi connectivity index (χ1) is 13.5. The van der Waals surface area contributed by atoms with E-state index in [1.807, 2.05) is 13.0 Å². The molecule has 2 rings (SSSR count). The lowest BCUT2D eigenvalue weighted by molar-refractivity contribution is -0.122. The van der Waals surface area contributed by atoms with Crippen molar-refractivity contribution in [1.29, 1.82) is 0 Å². The number of carbonyl (C=O) groups is 1. The maximum Gasteiger partial charge on any atom is 0.236 e. The Labute approximate surface area is 170 Å². The summed E-state index contributed by atoms with van der Waals surface area (Å²) in [7, 11) is 0. The number of para-hydroxylation sites is 1. The zero-order valence-electron chi connectivity index (χ0n) is 16.2. The zero-order chi connectivity index (χ0) is 20.5. The van der Waals surface area contributed by atoms with Gasteiger partial charge in [-0.15, -0.1) is 0 Å². The monoisotopic (exact) mass is 407 g/mol. The molecule has 0 aliphatic heterocycles. The molecule has 1 amide bonds. The molecule has 2 atom stereocenters. The first-order valence-electron chi connectivity index (χ1n) is 9.42. The second kappa shape index (κ2) is 11.0. The lowest BCUT2D eigenvalue weighted by Gasteiger charge is -2.23. The van der Waals surface area contributed by atoms with Gasteiger partial charge in [0, 0.05) is 18.2 Å². The van der Waals surface area contributed by atoms with Gasteiger partial charge in [0.25, 0.3) is 0 Å². The minimum atomic E-state index is -0.536. The molecule has 7 heteroatoms. The van der Waals surface area contributed by atoms with E-state index in [1.54, 1.807) is 43.3 Å². The molecule has 0 aliphatic carbocycles. The number of benzene rings is 2. The van der Waals surface area contributed by atoms with Gasteiger partial charge in [-0.05, 0) is 44.5 Å². The third-order valence-electron chi connectivity index (χ3n) is 4.35. The molecule has 0 saturated carbocycles. The summed E-state index contributed by atoms with van der Waals surface area (Å²) < 4.78 is 20.9. The van der Waals surface area contributed by atoms with Crippen molar-refractivity contribution in [3.8, 4) is 11.5 Å². The van der Waals surface area contributed by atoms with E-state index < -0.39 is 11.9 Å². The van der Waals surface area contributed by atoms with Gasteiger partial charge in [0.2, 0.25) is 5.91 Å². The summed E-state index contributed by atoms with van der Waals surface area (Å²) in [6.07, 6.45) is 1.30. The van der Waals surface area contributed by atoms with Crippen molar-refractivity contribution >= 4 is 17.5 Å². The van der Waals surface area contributed by atoms with Gasteiger partial charge in [0.1, 0.15) is 5.75 Å². The van der Waals surface area contributed by atoms with Crippen molar-refractivity contribution in [3.05, 3.63) is 58.9 Å². The van der Waals surface area contributed by atoms with E-state index >= 15 is 4.39 Å². The molecule has 5 nitrogen and oxygen atoms in total. The molecule has 2 aromatic rings. The predicted molar refractivity (Wildman–Crippen MR) is 110 cm³/mol. The standard InChI is InChI=1S/C21H27ClFN3O2/c1-3-18(26-14(2)21(27)25-13-7-12-24)16-10-11-17(22)20(19(16)23)28-15-8-5-4-6-9-15/h4-6,8-11,14,18,26H,3,7,12-13,24H2,1-2H3,(H,25,27)/t14-,18+/m0/s1. The normalized spacial score (nSPS) is 13.0. The highest BCUT2D eigenvalue weighted by molar-refractivity contribution is 6.32. The maximum atomic E-state index is 15.2. The quantitative estimate of drug-likeness (QED) is 0.517. The number of nitrogens with one attached hydrogen (secondary N) is 2. The Hall–Kier alpha value is -2.15. The van der Waals surface area contributed by atoms with Crippen LogP contribution in [0.5, 0.6) is 11.5 Å². The Morgan fingerprint density at radius 1 is 1.25 bits per heavy atom. The molecule has 0 radical (unpaired) electrons. The topological polar surface area (TPSA) is 76.4 Å². The smallest absolute Gasteiger partial charge is 0.236 e. The van der Waals surface area contributed by atoms with Crippen LogP contribution in [-0.2, 0) is 4.79 Å². The Balaban J connectivity index is 2.17. The fraction of sp³-hybridized carbons (Fsp3) is 0.381. The Kier molecular flexibility index (Phi) is 8.70. The fourth-order valence-corrected chi connectivity index (χ4v) is 2.97. The lowest BCUT2D eigenvalue weighted by Crippen LogP contribution is -2.44. The van der Waals surface area contributed by atoms with Crippen molar-refractivity contribution in [3.63, 3.8) is 0 Å². The van der Waals surface area contributed by atoms with Gasteiger partial charge in [0.15, 0.2) is 11.6 Å². The summed E-state index contributed by atoms with van der Waals surface area (Å²) >= 11 is 6.17. The van der Waals surface area contributed by atoms with Crippen LogP contribution in [0.4, 0.5) is 4.39 Å². The van der Waals surface area contributed by atoms with Crippen LogP contribution in [0.25, 0.3) is 0 Å². The van der Waals surface area contributed by atoms with Crippen molar-refractivity contribution in [2.24, 2.45) is 5.73 Å². The number of amides is 1. The predicted octanol–water partition coefficient (Wildman–Crippen LogP) is 4.17. The van der Waals surface area contributed by atoms with Gasteiger partial charge in [-0.3, -0.25) is 10.1 Å². The number of ether oxygens (including phenoxy) is 1. The van der Waals surface area contributed by atoms with Crippen LogP contribution < -0.4 is 21.1 Å². The zero-order valence-corrected chi connectivity index (χ0v) is 16.9. The maximum absolute atomic E-state index is 15.2. The summed E-state index contributed by atoms with van der Waals surface area (Å²) in [5, 5.41) is 6.18. The van der Waals surface area contributed by atoms with Crippen LogP contribution in [0.15, 0.2) is 42.5 Å². The minimum absolute atomic E-state index is 0.0225. The van der Waals surface area contributed by atoms with Gasteiger partial charge in [0.05, 0.1) is 11.1 Å². The lowest BCUT2D eigenvalue weighted by atomic mass is 10.0. The van der Waals surface area contributed by atoms with Crippen molar-refractivity contribution < 1.29 is 13.9 Å². The molecule has 0 aromatic heterocycles. The van der Waals surface area contributed by atoms with E-state index in [9.17, 15) is 4.79 Å². The van der Waals surface area contributed by atoms with Crippen LogP contribution in [-0.4, -0.2) is 25.0 Å². The molecule has 4 N–H and O–H groups in total. The van der Waals surface area contributed by atoms with Gasteiger partial charge < -0.3 is 15.8 Å². The van der Waals surface area contributed by atoms with E-state index in [0.29, 0.717) is 37.2 Å².